The Balaban J connectivity index is 0.00000231. The van der Waals surface area contributed by atoms with Crippen molar-refractivity contribution in [3.05, 3.63) is 47.0 Å². The van der Waals surface area contributed by atoms with Crippen LogP contribution in [0.3, 0.4) is 0 Å². The van der Waals surface area contributed by atoms with Gasteiger partial charge in [-0.2, -0.15) is 5.10 Å². The van der Waals surface area contributed by atoms with Crippen LogP contribution in [0.15, 0.2) is 24.3 Å². The Morgan fingerprint density at radius 2 is 1.97 bits per heavy atom. The van der Waals surface area contributed by atoms with Gasteiger partial charge in [-0.05, 0) is 56.3 Å². The molecule has 0 bridgehead atoms. The van der Waals surface area contributed by atoms with Crippen LogP contribution in [-0.4, -0.2) is 65.0 Å². The van der Waals surface area contributed by atoms with Gasteiger partial charge in [-0.1, -0.05) is 18.2 Å². The zero-order valence-corrected chi connectivity index (χ0v) is 18.8. The van der Waals surface area contributed by atoms with E-state index >= 15 is 0 Å². The van der Waals surface area contributed by atoms with E-state index in [4.69, 9.17) is 14.8 Å². The highest BCUT2D eigenvalue weighted by molar-refractivity contribution is 5.95. The fourth-order valence-electron chi connectivity index (χ4n) is 4.93. The molecule has 1 N–H and O–H groups in total. The summed E-state index contributed by atoms with van der Waals surface area (Å²) >= 11 is 0. The number of fused-ring (bicyclic) bond motifs is 1. The number of nitrogens with zero attached hydrogens (tertiary/aromatic N) is 4. The van der Waals surface area contributed by atoms with Crippen LogP contribution in [0.5, 0.6) is 0 Å². The van der Waals surface area contributed by atoms with E-state index in [2.05, 4.69) is 11.4 Å². The maximum Gasteiger partial charge on any atom is 0.254 e. The number of carbonyl (C=O) groups is 1. The van der Waals surface area contributed by atoms with E-state index < -0.39 is 0 Å². The van der Waals surface area contributed by atoms with E-state index in [0.717, 1.165) is 69.2 Å². The van der Waals surface area contributed by atoms with E-state index in [9.17, 15) is 4.79 Å². The van der Waals surface area contributed by atoms with Crippen LogP contribution in [0, 0.1) is 5.92 Å². The third-order valence-electron chi connectivity index (χ3n) is 6.74. The zero-order chi connectivity index (χ0) is 20.3. The normalized spacial score (nSPS) is 21.9. The third kappa shape index (κ3) is 4.94. The molecule has 1 aromatic heterocycles. The summed E-state index contributed by atoms with van der Waals surface area (Å²) in [7, 11) is 0. The van der Waals surface area contributed by atoms with Gasteiger partial charge in [0.25, 0.3) is 5.91 Å². The monoisotopic (exact) mass is 445 g/mol. The Hall–Kier alpha value is -1.96. The molecule has 1 unspecified atom stereocenters. The van der Waals surface area contributed by atoms with Gasteiger partial charge in [-0.15, -0.1) is 12.4 Å². The highest BCUT2D eigenvalue weighted by Crippen LogP contribution is 2.25. The van der Waals surface area contributed by atoms with Crippen LogP contribution in [0.25, 0.3) is 0 Å². The number of ether oxygens (including phenoxy) is 1. The summed E-state index contributed by atoms with van der Waals surface area (Å²) in [5, 5.41) is 8.22. The Morgan fingerprint density at radius 1 is 1.13 bits per heavy atom. The quantitative estimate of drug-likeness (QED) is 0.782. The molecule has 0 saturated carbocycles. The van der Waals surface area contributed by atoms with Gasteiger partial charge in [-0.25, -0.2) is 9.67 Å². The van der Waals surface area contributed by atoms with Gasteiger partial charge >= 0.3 is 0 Å². The number of aromatic nitrogens is 3. The lowest BCUT2D eigenvalue weighted by molar-refractivity contribution is 0.0755. The van der Waals surface area contributed by atoms with E-state index in [0.29, 0.717) is 31.5 Å². The zero-order valence-electron chi connectivity index (χ0n) is 18.0. The summed E-state index contributed by atoms with van der Waals surface area (Å²) in [6.45, 7) is 5.83. The van der Waals surface area contributed by atoms with Gasteiger partial charge in [0.05, 0.1) is 6.54 Å². The number of rotatable bonds is 4. The molecule has 3 aliphatic heterocycles. The van der Waals surface area contributed by atoms with Crippen molar-refractivity contribution in [2.45, 2.75) is 44.6 Å². The summed E-state index contributed by atoms with van der Waals surface area (Å²) in [6, 6.07) is 8.14. The Morgan fingerprint density at radius 3 is 2.77 bits per heavy atom. The third-order valence-corrected chi connectivity index (χ3v) is 6.74. The average molecular weight is 446 g/mol. The van der Waals surface area contributed by atoms with Crippen LogP contribution in [0.4, 0.5) is 0 Å². The molecule has 2 aromatic rings. The highest BCUT2D eigenvalue weighted by Gasteiger charge is 2.27. The van der Waals surface area contributed by atoms with Gasteiger partial charge in [0, 0.05) is 44.2 Å². The van der Waals surface area contributed by atoms with E-state index in [1.165, 1.54) is 12.0 Å². The standard InChI is InChI=1S/C23H31N5O2.ClH/c29-23(20-4-2-1-3-19(20)15-17-5-9-24-16-17)27-10-6-21-25-22(26-28(21)12-11-27)18-7-13-30-14-8-18;/h1-4,17-18,24H,5-16H2;1H. The molecule has 168 valence electrons. The van der Waals surface area contributed by atoms with E-state index in [1.807, 2.05) is 27.8 Å². The molecule has 5 rings (SSSR count). The molecule has 7 nitrogen and oxygen atoms in total. The first-order valence-electron chi connectivity index (χ1n) is 11.4. The largest absolute Gasteiger partial charge is 0.381 e. The number of halogens is 1. The molecule has 2 fully saturated rings. The first-order valence-corrected chi connectivity index (χ1v) is 11.4. The van der Waals surface area contributed by atoms with Crippen molar-refractivity contribution in [2.24, 2.45) is 5.92 Å². The molecule has 4 heterocycles. The van der Waals surface area contributed by atoms with Crippen molar-refractivity contribution in [3.63, 3.8) is 0 Å². The number of hydrogen-bond donors (Lipinski definition) is 1. The molecule has 1 amide bonds. The number of nitrogens with one attached hydrogen (secondary N) is 1. The summed E-state index contributed by atoms with van der Waals surface area (Å²) in [6.07, 6.45) is 4.92. The number of benzene rings is 1. The highest BCUT2D eigenvalue weighted by atomic mass is 35.5. The van der Waals surface area contributed by atoms with Gasteiger partial charge in [-0.3, -0.25) is 4.79 Å². The maximum absolute atomic E-state index is 13.4. The Labute approximate surface area is 190 Å². The predicted octanol–water partition coefficient (Wildman–Crippen LogP) is 2.44. The second-order valence-electron chi connectivity index (χ2n) is 8.76. The van der Waals surface area contributed by atoms with Crippen molar-refractivity contribution in [1.82, 2.24) is 25.0 Å². The second-order valence-corrected chi connectivity index (χ2v) is 8.76. The average Bonchev–Trinajstić information content (AvgIpc) is 3.40. The van der Waals surface area contributed by atoms with Crippen LogP contribution in [0.2, 0.25) is 0 Å². The number of hydrogen-bond acceptors (Lipinski definition) is 5. The van der Waals surface area contributed by atoms with Crippen molar-refractivity contribution in [1.29, 1.82) is 0 Å². The lowest BCUT2D eigenvalue weighted by Gasteiger charge is -2.22. The van der Waals surface area contributed by atoms with Crippen LogP contribution in [0.1, 0.15) is 52.8 Å². The van der Waals surface area contributed by atoms with Gasteiger partial charge in [0.1, 0.15) is 5.82 Å². The summed E-state index contributed by atoms with van der Waals surface area (Å²) in [5.41, 5.74) is 2.04. The van der Waals surface area contributed by atoms with Gasteiger partial charge in [0.15, 0.2) is 5.82 Å². The predicted molar refractivity (Wildman–Crippen MR) is 121 cm³/mol. The molecule has 1 aromatic carbocycles. The summed E-state index contributed by atoms with van der Waals surface area (Å²) in [5.74, 6) is 3.15. The van der Waals surface area contributed by atoms with Crippen molar-refractivity contribution < 1.29 is 9.53 Å². The Kier molecular flexibility index (Phi) is 7.25. The molecular formula is C23H32ClN5O2. The molecule has 2 saturated heterocycles. The van der Waals surface area contributed by atoms with Crippen molar-refractivity contribution in [2.75, 3.05) is 39.4 Å². The SMILES string of the molecule is Cl.O=C(c1ccccc1CC1CCNC1)N1CCc2nc(C3CCOCC3)nn2CC1. The topological polar surface area (TPSA) is 72.3 Å². The minimum atomic E-state index is 0. The fourth-order valence-corrected chi connectivity index (χ4v) is 4.93. The Bertz CT molecular complexity index is 864. The first-order chi connectivity index (χ1) is 14.8. The number of amides is 1. The smallest absolute Gasteiger partial charge is 0.254 e. The fraction of sp³-hybridized carbons (Fsp3) is 0.609. The molecule has 0 aliphatic carbocycles. The molecule has 0 spiro atoms. The number of carbonyl (C=O) groups excluding carboxylic acids is 1. The van der Waals surface area contributed by atoms with E-state index in [-0.39, 0.29) is 18.3 Å². The molecule has 3 aliphatic rings. The van der Waals surface area contributed by atoms with Crippen molar-refractivity contribution >= 4 is 18.3 Å². The lowest BCUT2D eigenvalue weighted by atomic mass is 9.94. The minimum Gasteiger partial charge on any atom is -0.381 e. The minimum absolute atomic E-state index is 0. The van der Waals surface area contributed by atoms with Crippen LogP contribution in [-0.2, 0) is 24.1 Å². The van der Waals surface area contributed by atoms with Crippen LogP contribution < -0.4 is 5.32 Å². The summed E-state index contributed by atoms with van der Waals surface area (Å²) in [4.78, 5) is 20.2. The molecule has 8 heteroatoms. The first kappa shape index (κ1) is 22.2. The van der Waals surface area contributed by atoms with Gasteiger partial charge < -0.3 is 15.0 Å². The van der Waals surface area contributed by atoms with E-state index in [1.54, 1.807) is 0 Å². The molecule has 31 heavy (non-hydrogen) atoms. The molecular weight excluding hydrogens is 414 g/mol. The van der Waals surface area contributed by atoms with Crippen LogP contribution >= 0.6 is 12.4 Å². The molecule has 1 atom stereocenters. The maximum atomic E-state index is 13.4. The molecule has 0 radical (unpaired) electrons. The summed E-state index contributed by atoms with van der Waals surface area (Å²) < 4.78 is 7.49. The van der Waals surface area contributed by atoms with Gasteiger partial charge in [0.2, 0.25) is 0 Å². The van der Waals surface area contributed by atoms with Crippen molar-refractivity contribution in [3.8, 4) is 0 Å². The second kappa shape index (κ2) is 10.1. The lowest BCUT2D eigenvalue weighted by Crippen LogP contribution is -2.34.